The lowest BCUT2D eigenvalue weighted by Gasteiger charge is -2.07. The fourth-order valence-electron chi connectivity index (χ4n) is 2.07. The van der Waals surface area contributed by atoms with Gasteiger partial charge in [0.1, 0.15) is 5.75 Å². The van der Waals surface area contributed by atoms with Crippen LogP contribution in [0, 0.1) is 0 Å². The molecule has 0 aliphatic heterocycles. The van der Waals surface area contributed by atoms with Gasteiger partial charge >= 0.3 is 5.69 Å². The molecule has 0 aliphatic carbocycles. The summed E-state index contributed by atoms with van der Waals surface area (Å²) >= 11 is 0. The number of nitrogens with zero attached hydrogens (tertiary/aromatic N) is 3. The average molecular weight is 298 g/mol. The van der Waals surface area contributed by atoms with Crippen LogP contribution in [-0.2, 0) is 0 Å². The van der Waals surface area contributed by atoms with Gasteiger partial charge in [0.2, 0.25) is 5.88 Å². The molecule has 0 saturated heterocycles. The van der Waals surface area contributed by atoms with Gasteiger partial charge in [0, 0.05) is 11.6 Å². The summed E-state index contributed by atoms with van der Waals surface area (Å²) in [5.41, 5.74) is 1.04. The molecule has 7 heteroatoms. The van der Waals surface area contributed by atoms with Crippen LogP contribution < -0.4 is 15.2 Å². The van der Waals surface area contributed by atoms with Gasteiger partial charge in [0.05, 0.1) is 26.1 Å². The lowest BCUT2D eigenvalue weighted by atomic mass is 10.2. The minimum absolute atomic E-state index is 0.429. The van der Waals surface area contributed by atoms with Gasteiger partial charge in [-0.1, -0.05) is 0 Å². The number of ether oxygens (including phenoxy) is 2. The van der Waals surface area contributed by atoms with E-state index in [2.05, 4.69) is 15.1 Å². The topological polar surface area (TPSA) is 82.0 Å². The van der Waals surface area contributed by atoms with Gasteiger partial charge in [-0.25, -0.2) is 19.6 Å². The summed E-state index contributed by atoms with van der Waals surface area (Å²) in [6.45, 7) is 0. The van der Waals surface area contributed by atoms with E-state index >= 15 is 0 Å². The Hall–Kier alpha value is -3.09. The second kappa shape index (κ2) is 5.72. The van der Waals surface area contributed by atoms with E-state index < -0.39 is 5.69 Å². The van der Waals surface area contributed by atoms with Crippen LogP contribution in [0.3, 0.4) is 0 Å². The van der Waals surface area contributed by atoms with Gasteiger partial charge in [0.15, 0.2) is 5.82 Å². The second-order valence-corrected chi connectivity index (χ2v) is 4.48. The van der Waals surface area contributed by atoms with Crippen LogP contribution in [0.25, 0.3) is 17.1 Å². The molecule has 0 fully saturated rings. The molecular formula is C15H14N4O3. The number of H-pyrrole nitrogens is 1. The van der Waals surface area contributed by atoms with E-state index in [0.717, 1.165) is 11.3 Å². The van der Waals surface area contributed by atoms with Gasteiger partial charge < -0.3 is 9.47 Å². The quantitative estimate of drug-likeness (QED) is 0.792. The van der Waals surface area contributed by atoms with Crippen LogP contribution in [0.1, 0.15) is 0 Å². The Morgan fingerprint density at radius 2 is 1.82 bits per heavy atom. The molecule has 112 valence electrons. The summed E-state index contributed by atoms with van der Waals surface area (Å²) in [7, 11) is 3.15. The van der Waals surface area contributed by atoms with E-state index in [1.165, 1.54) is 0 Å². The fourth-order valence-corrected chi connectivity index (χ4v) is 2.07. The van der Waals surface area contributed by atoms with Crippen LogP contribution in [0.15, 0.2) is 47.4 Å². The maximum Gasteiger partial charge on any atom is 0.362 e. The molecule has 1 aromatic carbocycles. The van der Waals surface area contributed by atoms with Crippen molar-refractivity contribution in [3.8, 4) is 28.7 Å². The van der Waals surface area contributed by atoms with Crippen molar-refractivity contribution in [2.45, 2.75) is 0 Å². The maximum absolute atomic E-state index is 11.6. The van der Waals surface area contributed by atoms with Crippen molar-refractivity contribution in [3.05, 3.63) is 53.1 Å². The third-order valence-corrected chi connectivity index (χ3v) is 3.16. The molecule has 0 bridgehead atoms. The highest BCUT2D eigenvalue weighted by Crippen LogP contribution is 2.22. The van der Waals surface area contributed by atoms with Gasteiger partial charge in [-0.3, -0.25) is 0 Å². The average Bonchev–Trinajstić information content (AvgIpc) is 2.97. The number of rotatable bonds is 4. The van der Waals surface area contributed by atoms with Crippen LogP contribution >= 0.6 is 0 Å². The third-order valence-electron chi connectivity index (χ3n) is 3.16. The Morgan fingerprint density at radius 3 is 2.41 bits per heavy atom. The number of nitrogens with one attached hydrogen (secondary N) is 1. The van der Waals surface area contributed by atoms with Crippen molar-refractivity contribution in [3.63, 3.8) is 0 Å². The monoisotopic (exact) mass is 298 g/mol. The summed E-state index contributed by atoms with van der Waals surface area (Å²) in [5.74, 6) is 1.73. The molecule has 0 amide bonds. The van der Waals surface area contributed by atoms with Crippen molar-refractivity contribution in [2.75, 3.05) is 14.2 Å². The number of methoxy groups -OCH3 is 2. The van der Waals surface area contributed by atoms with Crippen molar-refractivity contribution in [2.24, 2.45) is 0 Å². The van der Waals surface area contributed by atoms with Gasteiger partial charge in [-0.15, -0.1) is 0 Å². The van der Waals surface area contributed by atoms with E-state index in [-0.39, 0.29) is 0 Å². The maximum atomic E-state index is 11.6. The third kappa shape index (κ3) is 2.56. The van der Waals surface area contributed by atoms with E-state index in [4.69, 9.17) is 9.47 Å². The molecule has 1 N–H and O–H groups in total. The highest BCUT2D eigenvalue weighted by molar-refractivity contribution is 5.58. The summed E-state index contributed by atoms with van der Waals surface area (Å²) in [4.78, 5) is 19.8. The van der Waals surface area contributed by atoms with Crippen molar-refractivity contribution < 1.29 is 9.47 Å². The molecule has 0 radical (unpaired) electrons. The first-order chi connectivity index (χ1) is 10.7. The lowest BCUT2D eigenvalue weighted by Crippen LogP contribution is -2.05. The van der Waals surface area contributed by atoms with Crippen molar-refractivity contribution in [1.82, 2.24) is 19.7 Å². The van der Waals surface area contributed by atoms with Crippen LogP contribution in [-0.4, -0.2) is 34.0 Å². The minimum atomic E-state index is -0.429. The standard InChI is InChI=1S/C15H14N4O3/c1-21-12-6-3-10(4-7-12)14-17-15(20)18-19(14)11-5-8-13(22-2)16-9-11/h3-9H,1-2H3,(H,18,20). The van der Waals surface area contributed by atoms with E-state index in [9.17, 15) is 4.79 Å². The van der Waals surface area contributed by atoms with E-state index in [1.54, 1.807) is 37.2 Å². The SMILES string of the molecule is COc1ccc(-c2nc(=O)[nH]n2-c2ccc(OC)nc2)cc1. The fraction of sp³-hybridized carbons (Fsp3) is 0.133. The highest BCUT2D eigenvalue weighted by atomic mass is 16.5. The summed E-state index contributed by atoms with van der Waals surface area (Å²) in [6, 6.07) is 10.8. The molecule has 0 spiro atoms. The van der Waals surface area contributed by atoms with E-state index in [0.29, 0.717) is 17.4 Å². The minimum Gasteiger partial charge on any atom is -0.497 e. The number of pyridine rings is 1. The number of hydrogen-bond acceptors (Lipinski definition) is 5. The first kappa shape index (κ1) is 13.9. The second-order valence-electron chi connectivity index (χ2n) is 4.48. The first-order valence-electron chi connectivity index (χ1n) is 6.55. The molecule has 7 nitrogen and oxygen atoms in total. The molecule has 3 aromatic rings. The molecule has 2 aromatic heterocycles. The van der Waals surface area contributed by atoms with Gasteiger partial charge in [-0.2, -0.15) is 4.98 Å². The summed E-state index contributed by atoms with van der Waals surface area (Å²) < 4.78 is 11.7. The Labute approximate surface area is 126 Å². The molecule has 0 atom stereocenters. The number of hydrogen-bond donors (Lipinski definition) is 1. The van der Waals surface area contributed by atoms with Crippen molar-refractivity contribution in [1.29, 1.82) is 0 Å². The normalized spacial score (nSPS) is 10.5. The highest BCUT2D eigenvalue weighted by Gasteiger charge is 2.11. The summed E-state index contributed by atoms with van der Waals surface area (Å²) in [5, 5.41) is 2.66. The zero-order chi connectivity index (χ0) is 15.5. The zero-order valence-corrected chi connectivity index (χ0v) is 12.1. The van der Waals surface area contributed by atoms with E-state index in [1.807, 2.05) is 24.3 Å². The molecule has 22 heavy (non-hydrogen) atoms. The number of aromatic amines is 1. The Bertz CT molecular complexity index is 751. The van der Waals surface area contributed by atoms with Crippen LogP contribution in [0.4, 0.5) is 0 Å². The molecule has 0 saturated carbocycles. The largest absolute Gasteiger partial charge is 0.497 e. The number of benzene rings is 1. The molecule has 2 heterocycles. The smallest absolute Gasteiger partial charge is 0.362 e. The van der Waals surface area contributed by atoms with Crippen LogP contribution in [0.2, 0.25) is 0 Å². The molecular weight excluding hydrogens is 284 g/mol. The molecule has 0 unspecified atom stereocenters. The van der Waals surface area contributed by atoms with Gasteiger partial charge in [0.25, 0.3) is 0 Å². The first-order valence-corrected chi connectivity index (χ1v) is 6.55. The predicted molar refractivity (Wildman–Crippen MR) is 80.5 cm³/mol. The molecule has 3 rings (SSSR count). The lowest BCUT2D eigenvalue weighted by molar-refractivity contribution is 0.397. The van der Waals surface area contributed by atoms with Crippen LogP contribution in [0.5, 0.6) is 11.6 Å². The van der Waals surface area contributed by atoms with Gasteiger partial charge in [-0.05, 0) is 30.3 Å². The Kier molecular flexibility index (Phi) is 3.61. The molecule has 0 aliphatic rings. The predicted octanol–water partition coefficient (Wildman–Crippen LogP) is 1.64. The van der Waals surface area contributed by atoms with Crippen molar-refractivity contribution >= 4 is 0 Å². The number of aromatic nitrogens is 4. The Morgan fingerprint density at radius 1 is 1.05 bits per heavy atom. The Balaban J connectivity index is 2.06. The zero-order valence-electron chi connectivity index (χ0n) is 12.1. The summed E-state index contributed by atoms with van der Waals surface area (Å²) in [6.07, 6.45) is 1.60.